The molecule has 2 N–H and O–H groups in total. The second-order valence-corrected chi connectivity index (χ2v) is 3.66. The van der Waals surface area contributed by atoms with E-state index < -0.39 is 0 Å². The molecule has 0 spiro atoms. The third-order valence-corrected chi connectivity index (χ3v) is 2.58. The van der Waals surface area contributed by atoms with Crippen molar-refractivity contribution >= 4 is 17.4 Å². The number of nitrogen functional groups attached to an aromatic ring is 1. The van der Waals surface area contributed by atoms with E-state index >= 15 is 0 Å². The molecule has 0 radical (unpaired) electrons. The Hall–Kier alpha value is -1.48. The third-order valence-electron chi connectivity index (χ3n) is 2.25. The van der Waals surface area contributed by atoms with Gasteiger partial charge < -0.3 is 5.73 Å². The molecule has 0 aliphatic rings. The lowest BCUT2D eigenvalue weighted by Crippen LogP contribution is -1.99. The molecule has 0 atom stereocenters. The molecule has 0 saturated carbocycles. The van der Waals surface area contributed by atoms with Crippen LogP contribution >= 0.6 is 11.6 Å². The van der Waals surface area contributed by atoms with Crippen molar-refractivity contribution in [3.8, 4) is 11.3 Å². The smallest absolute Gasteiger partial charge is 0.146 e. The van der Waals surface area contributed by atoms with Crippen LogP contribution in [0.5, 0.6) is 0 Å². The minimum absolute atomic E-state index is 0.520. The lowest BCUT2D eigenvalue weighted by molar-refractivity contribution is 0.670. The van der Waals surface area contributed by atoms with Gasteiger partial charge in [-0.15, -0.1) is 0 Å². The molecule has 0 saturated heterocycles. The summed E-state index contributed by atoms with van der Waals surface area (Å²) in [5.74, 6) is 0.520. The van der Waals surface area contributed by atoms with Gasteiger partial charge in [-0.05, 0) is 13.0 Å². The molecule has 4 heteroatoms. The van der Waals surface area contributed by atoms with Crippen molar-refractivity contribution < 1.29 is 0 Å². The molecule has 0 aliphatic carbocycles. The van der Waals surface area contributed by atoms with Crippen LogP contribution in [0.25, 0.3) is 11.3 Å². The Balaban J connectivity index is 2.58. The SMILES string of the molecule is CCn1nc(N)cc1-c1ccccc1Cl. The minimum atomic E-state index is 0.520. The zero-order valence-electron chi connectivity index (χ0n) is 8.44. The van der Waals surface area contributed by atoms with Gasteiger partial charge in [0.05, 0.1) is 5.69 Å². The number of hydrogen-bond acceptors (Lipinski definition) is 2. The van der Waals surface area contributed by atoms with E-state index in [-0.39, 0.29) is 0 Å². The molecule has 2 aromatic rings. The van der Waals surface area contributed by atoms with Gasteiger partial charge in [0.1, 0.15) is 5.82 Å². The van der Waals surface area contributed by atoms with Crippen molar-refractivity contribution in [2.45, 2.75) is 13.5 Å². The van der Waals surface area contributed by atoms with Crippen LogP contribution in [0.3, 0.4) is 0 Å². The average molecular weight is 222 g/mol. The zero-order valence-corrected chi connectivity index (χ0v) is 9.20. The molecule has 0 unspecified atom stereocenters. The van der Waals surface area contributed by atoms with E-state index in [0.29, 0.717) is 10.8 Å². The Morgan fingerprint density at radius 2 is 2.13 bits per heavy atom. The molecule has 1 aromatic carbocycles. The van der Waals surface area contributed by atoms with Gasteiger partial charge in [0.2, 0.25) is 0 Å². The van der Waals surface area contributed by atoms with Gasteiger partial charge in [-0.3, -0.25) is 4.68 Å². The summed E-state index contributed by atoms with van der Waals surface area (Å²) in [5, 5.41) is 4.90. The first-order chi connectivity index (χ1) is 7.22. The molecule has 3 nitrogen and oxygen atoms in total. The van der Waals surface area contributed by atoms with Gasteiger partial charge in [-0.2, -0.15) is 5.10 Å². The molecule has 0 fully saturated rings. The molecular weight excluding hydrogens is 210 g/mol. The summed E-state index contributed by atoms with van der Waals surface area (Å²) in [6.07, 6.45) is 0. The quantitative estimate of drug-likeness (QED) is 0.848. The number of nitrogens with two attached hydrogens (primary N) is 1. The van der Waals surface area contributed by atoms with Crippen LogP contribution < -0.4 is 5.73 Å². The second kappa shape index (κ2) is 3.95. The average Bonchev–Trinajstić information content (AvgIpc) is 2.60. The van der Waals surface area contributed by atoms with E-state index in [4.69, 9.17) is 17.3 Å². The number of hydrogen-bond donors (Lipinski definition) is 1. The number of nitrogens with zero attached hydrogens (tertiary/aromatic N) is 2. The Labute approximate surface area is 93.5 Å². The highest BCUT2D eigenvalue weighted by Crippen LogP contribution is 2.28. The van der Waals surface area contributed by atoms with Crippen molar-refractivity contribution in [2.24, 2.45) is 0 Å². The van der Waals surface area contributed by atoms with Crippen LogP contribution in [0.4, 0.5) is 5.82 Å². The van der Waals surface area contributed by atoms with E-state index in [0.717, 1.165) is 17.8 Å². The molecule has 78 valence electrons. The van der Waals surface area contributed by atoms with Crippen molar-refractivity contribution in [3.05, 3.63) is 35.4 Å². The zero-order chi connectivity index (χ0) is 10.8. The molecule has 1 heterocycles. The highest BCUT2D eigenvalue weighted by molar-refractivity contribution is 6.33. The Bertz CT molecular complexity index is 476. The molecule has 0 aliphatic heterocycles. The summed E-state index contributed by atoms with van der Waals surface area (Å²) in [4.78, 5) is 0. The van der Waals surface area contributed by atoms with Crippen LogP contribution in [0, 0.1) is 0 Å². The van der Waals surface area contributed by atoms with Crippen LogP contribution in [-0.4, -0.2) is 9.78 Å². The fourth-order valence-electron chi connectivity index (χ4n) is 1.56. The molecule has 15 heavy (non-hydrogen) atoms. The summed E-state index contributed by atoms with van der Waals surface area (Å²) < 4.78 is 1.84. The lowest BCUT2D eigenvalue weighted by atomic mass is 10.1. The second-order valence-electron chi connectivity index (χ2n) is 3.25. The Morgan fingerprint density at radius 3 is 2.80 bits per heavy atom. The number of aromatic nitrogens is 2. The van der Waals surface area contributed by atoms with Crippen molar-refractivity contribution in [2.75, 3.05) is 5.73 Å². The van der Waals surface area contributed by atoms with Crippen LogP contribution in [0.15, 0.2) is 30.3 Å². The Kier molecular flexibility index (Phi) is 2.64. The van der Waals surface area contributed by atoms with Crippen molar-refractivity contribution in [1.82, 2.24) is 9.78 Å². The number of rotatable bonds is 2. The van der Waals surface area contributed by atoms with Crippen LogP contribution in [0.1, 0.15) is 6.92 Å². The van der Waals surface area contributed by atoms with E-state index in [2.05, 4.69) is 5.10 Å². The largest absolute Gasteiger partial charge is 0.382 e. The number of anilines is 1. The van der Waals surface area contributed by atoms with E-state index in [9.17, 15) is 0 Å². The number of aryl methyl sites for hydroxylation is 1. The number of benzene rings is 1. The topological polar surface area (TPSA) is 43.8 Å². The van der Waals surface area contributed by atoms with E-state index in [1.54, 1.807) is 0 Å². The molecular formula is C11H12ClN3. The fraction of sp³-hybridized carbons (Fsp3) is 0.182. The third kappa shape index (κ3) is 1.83. The minimum Gasteiger partial charge on any atom is -0.382 e. The summed E-state index contributed by atoms with van der Waals surface area (Å²) >= 11 is 6.12. The van der Waals surface area contributed by atoms with Crippen LogP contribution in [-0.2, 0) is 6.54 Å². The van der Waals surface area contributed by atoms with Gasteiger partial charge in [-0.1, -0.05) is 29.8 Å². The highest BCUT2D eigenvalue weighted by atomic mass is 35.5. The first-order valence-corrected chi connectivity index (χ1v) is 5.18. The maximum absolute atomic E-state index is 6.12. The first kappa shape index (κ1) is 10.1. The van der Waals surface area contributed by atoms with E-state index in [1.807, 2.05) is 41.9 Å². The van der Waals surface area contributed by atoms with Gasteiger partial charge in [0.25, 0.3) is 0 Å². The lowest BCUT2D eigenvalue weighted by Gasteiger charge is -2.05. The molecule has 2 rings (SSSR count). The van der Waals surface area contributed by atoms with Gasteiger partial charge in [0, 0.05) is 23.2 Å². The monoisotopic (exact) mass is 221 g/mol. The van der Waals surface area contributed by atoms with Gasteiger partial charge in [0.15, 0.2) is 0 Å². The van der Waals surface area contributed by atoms with Crippen molar-refractivity contribution in [1.29, 1.82) is 0 Å². The van der Waals surface area contributed by atoms with Gasteiger partial charge in [-0.25, -0.2) is 0 Å². The predicted octanol–water partition coefficient (Wildman–Crippen LogP) is 2.81. The Morgan fingerprint density at radius 1 is 1.40 bits per heavy atom. The molecule has 1 aromatic heterocycles. The fourth-order valence-corrected chi connectivity index (χ4v) is 1.80. The molecule has 0 amide bonds. The summed E-state index contributed by atoms with van der Waals surface area (Å²) in [7, 11) is 0. The summed E-state index contributed by atoms with van der Waals surface area (Å²) in [6.45, 7) is 2.80. The van der Waals surface area contributed by atoms with Crippen molar-refractivity contribution in [3.63, 3.8) is 0 Å². The molecule has 0 bridgehead atoms. The number of halogens is 1. The predicted molar refractivity (Wildman–Crippen MR) is 62.8 cm³/mol. The highest BCUT2D eigenvalue weighted by Gasteiger charge is 2.09. The summed E-state index contributed by atoms with van der Waals surface area (Å²) in [5.41, 5.74) is 7.59. The van der Waals surface area contributed by atoms with E-state index in [1.165, 1.54) is 0 Å². The summed E-state index contributed by atoms with van der Waals surface area (Å²) in [6, 6.07) is 9.52. The normalized spacial score (nSPS) is 10.5. The maximum atomic E-state index is 6.12. The maximum Gasteiger partial charge on any atom is 0.146 e. The van der Waals surface area contributed by atoms with Gasteiger partial charge >= 0.3 is 0 Å². The van der Waals surface area contributed by atoms with Crippen LogP contribution in [0.2, 0.25) is 5.02 Å². The first-order valence-electron chi connectivity index (χ1n) is 4.80. The standard InChI is InChI=1S/C11H12ClN3/c1-2-15-10(7-11(13)14-15)8-5-3-4-6-9(8)12/h3-7H,2H2,1H3,(H2,13,14).